The SMILES string of the molecule is C#CCn1ncc(Nc2cnn(C)c2)c(Br)c1=O. The van der Waals surface area contributed by atoms with Crippen molar-refractivity contribution in [3.8, 4) is 12.3 Å². The molecule has 2 aromatic rings. The maximum Gasteiger partial charge on any atom is 0.284 e. The molecule has 92 valence electrons. The van der Waals surface area contributed by atoms with Crippen LogP contribution >= 0.6 is 15.9 Å². The van der Waals surface area contributed by atoms with Gasteiger partial charge in [0.1, 0.15) is 11.0 Å². The van der Waals surface area contributed by atoms with Crippen molar-refractivity contribution >= 4 is 27.3 Å². The number of aryl methyl sites for hydroxylation is 1. The predicted molar refractivity (Wildman–Crippen MR) is 71.5 cm³/mol. The Hall–Kier alpha value is -2.07. The molecule has 0 aliphatic carbocycles. The van der Waals surface area contributed by atoms with Crippen molar-refractivity contribution in [2.45, 2.75) is 6.54 Å². The summed E-state index contributed by atoms with van der Waals surface area (Å²) in [5, 5.41) is 11.0. The first-order valence-electron chi connectivity index (χ1n) is 5.06. The smallest absolute Gasteiger partial charge is 0.284 e. The van der Waals surface area contributed by atoms with Crippen LogP contribution in [0.3, 0.4) is 0 Å². The van der Waals surface area contributed by atoms with Gasteiger partial charge < -0.3 is 5.32 Å². The summed E-state index contributed by atoms with van der Waals surface area (Å²) in [6, 6.07) is 0. The number of hydrogen-bond donors (Lipinski definition) is 1. The lowest BCUT2D eigenvalue weighted by atomic mass is 10.4. The van der Waals surface area contributed by atoms with Gasteiger partial charge in [0, 0.05) is 13.2 Å². The molecule has 2 rings (SSSR count). The van der Waals surface area contributed by atoms with Crippen molar-refractivity contribution in [2.75, 3.05) is 5.32 Å². The minimum Gasteiger partial charge on any atom is -0.351 e. The Labute approximate surface area is 112 Å². The normalized spacial score (nSPS) is 10.1. The van der Waals surface area contributed by atoms with E-state index in [9.17, 15) is 4.79 Å². The molecular formula is C11H10BrN5O. The number of terminal acetylenes is 1. The lowest BCUT2D eigenvalue weighted by Gasteiger charge is -2.07. The molecule has 0 aliphatic heterocycles. The number of nitrogens with one attached hydrogen (secondary N) is 1. The second-order valence-corrected chi connectivity index (χ2v) is 4.36. The molecular weight excluding hydrogens is 298 g/mol. The molecule has 2 heterocycles. The predicted octanol–water partition coefficient (Wildman–Crippen LogP) is 1.12. The first-order chi connectivity index (χ1) is 8.61. The molecule has 7 heteroatoms. The number of nitrogens with zero attached hydrogens (tertiary/aromatic N) is 4. The van der Waals surface area contributed by atoms with E-state index in [-0.39, 0.29) is 12.1 Å². The van der Waals surface area contributed by atoms with E-state index in [1.54, 1.807) is 17.1 Å². The zero-order valence-electron chi connectivity index (χ0n) is 9.59. The van der Waals surface area contributed by atoms with Crippen LogP contribution in [0.5, 0.6) is 0 Å². The van der Waals surface area contributed by atoms with E-state index >= 15 is 0 Å². The quantitative estimate of drug-likeness (QED) is 0.863. The Kier molecular flexibility index (Phi) is 3.48. The standard InChI is InChI=1S/C11H10BrN5O/c1-3-4-17-11(18)10(12)9(6-14-17)15-8-5-13-16(2)7-8/h1,5-7,15H,4H2,2H3. The Balaban J connectivity index is 2.33. The first kappa shape index (κ1) is 12.4. The molecule has 18 heavy (non-hydrogen) atoms. The van der Waals surface area contributed by atoms with Gasteiger partial charge in [-0.3, -0.25) is 9.48 Å². The molecule has 0 bridgehead atoms. The Morgan fingerprint density at radius 2 is 2.28 bits per heavy atom. The Bertz CT molecular complexity index is 667. The second-order valence-electron chi connectivity index (χ2n) is 3.57. The molecule has 0 saturated carbocycles. The summed E-state index contributed by atoms with van der Waals surface area (Å²) in [6.45, 7) is 0.143. The van der Waals surface area contributed by atoms with Crippen LogP contribution < -0.4 is 10.9 Å². The van der Waals surface area contributed by atoms with Gasteiger partial charge in [-0.2, -0.15) is 10.2 Å². The van der Waals surface area contributed by atoms with Gasteiger partial charge in [-0.15, -0.1) is 6.42 Å². The van der Waals surface area contributed by atoms with Crippen LogP contribution in [0.15, 0.2) is 27.9 Å². The topological polar surface area (TPSA) is 64.7 Å². The monoisotopic (exact) mass is 307 g/mol. The third-order valence-corrected chi connectivity index (χ3v) is 2.98. The second kappa shape index (κ2) is 5.06. The fraction of sp³-hybridized carbons (Fsp3) is 0.182. The van der Waals surface area contributed by atoms with E-state index in [1.807, 2.05) is 7.05 Å². The zero-order chi connectivity index (χ0) is 13.1. The molecule has 0 unspecified atom stereocenters. The van der Waals surface area contributed by atoms with Gasteiger partial charge in [-0.25, -0.2) is 4.68 Å². The van der Waals surface area contributed by atoms with Crippen LogP contribution in [0.2, 0.25) is 0 Å². The van der Waals surface area contributed by atoms with Gasteiger partial charge in [0.25, 0.3) is 5.56 Å². The lowest BCUT2D eigenvalue weighted by molar-refractivity contribution is 0.660. The van der Waals surface area contributed by atoms with Gasteiger partial charge in [0.15, 0.2) is 0 Å². The average molecular weight is 308 g/mol. The van der Waals surface area contributed by atoms with Crippen LogP contribution in [0, 0.1) is 12.3 Å². The number of rotatable bonds is 3. The highest BCUT2D eigenvalue weighted by molar-refractivity contribution is 9.10. The molecule has 0 atom stereocenters. The van der Waals surface area contributed by atoms with E-state index in [2.05, 4.69) is 37.4 Å². The van der Waals surface area contributed by atoms with E-state index in [0.29, 0.717) is 10.2 Å². The van der Waals surface area contributed by atoms with E-state index in [1.165, 1.54) is 10.9 Å². The third kappa shape index (κ3) is 2.43. The maximum absolute atomic E-state index is 11.9. The van der Waals surface area contributed by atoms with Crippen molar-refractivity contribution in [2.24, 2.45) is 7.05 Å². The third-order valence-electron chi connectivity index (χ3n) is 2.21. The van der Waals surface area contributed by atoms with Gasteiger partial charge in [0.05, 0.1) is 23.8 Å². The molecule has 6 nitrogen and oxygen atoms in total. The van der Waals surface area contributed by atoms with Crippen molar-refractivity contribution < 1.29 is 0 Å². The van der Waals surface area contributed by atoms with Crippen molar-refractivity contribution in [3.05, 3.63) is 33.4 Å². The number of halogens is 1. The number of anilines is 2. The van der Waals surface area contributed by atoms with Gasteiger partial charge in [0.2, 0.25) is 0 Å². The first-order valence-corrected chi connectivity index (χ1v) is 5.86. The van der Waals surface area contributed by atoms with Crippen molar-refractivity contribution in [3.63, 3.8) is 0 Å². The molecule has 1 N–H and O–H groups in total. The molecule has 0 amide bonds. The van der Waals surface area contributed by atoms with Gasteiger partial charge in [-0.05, 0) is 15.9 Å². The highest BCUT2D eigenvalue weighted by Gasteiger charge is 2.08. The summed E-state index contributed by atoms with van der Waals surface area (Å²) in [7, 11) is 1.81. The van der Waals surface area contributed by atoms with Gasteiger partial charge >= 0.3 is 0 Å². The fourth-order valence-electron chi connectivity index (χ4n) is 1.39. The van der Waals surface area contributed by atoms with Crippen LogP contribution in [0.1, 0.15) is 0 Å². The zero-order valence-corrected chi connectivity index (χ0v) is 11.2. The molecule has 0 radical (unpaired) electrons. The number of aromatic nitrogens is 4. The minimum atomic E-state index is -0.276. The summed E-state index contributed by atoms with van der Waals surface area (Å²) in [6.07, 6.45) is 10.1. The van der Waals surface area contributed by atoms with E-state index < -0.39 is 0 Å². The summed E-state index contributed by atoms with van der Waals surface area (Å²) >= 11 is 3.23. The van der Waals surface area contributed by atoms with Crippen LogP contribution in [-0.4, -0.2) is 19.6 Å². The summed E-state index contributed by atoms with van der Waals surface area (Å²) in [4.78, 5) is 11.9. The Morgan fingerprint density at radius 3 is 2.89 bits per heavy atom. The summed E-state index contributed by atoms with van der Waals surface area (Å²) in [5.41, 5.74) is 1.07. The molecule has 0 aliphatic rings. The molecule has 0 saturated heterocycles. The summed E-state index contributed by atoms with van der Waals surface area (Å²) < 4.78 is 3.25. The largest absolute Gasteiger partial charge is 0.351 e. The Morgan fingerprint density at radius 1 is 1.50 bits per heavy atom. The average Bonchev–Trinajstić information content (AvgIpc) is 2.75. The van der Waals surface area contributed by atoms with Gasteiger partial charge in [-0.1, -0.05) is 5.92 Å². The maximum atomic E-state index is 11.9. The molecule has 2 aromatic heterocycles. The van der Waals surface area contributed by atoms with E-state index in [4.69, 9.17) is 6.42 Å². The van der Waals surface area contributed by atoms with Crippen LogP contribution in [-0.2, 0) is 13.6 Å². The molecule has 0 spiro atoms. The van der Waals surface area contributed by atoms with Crippen molar-refractivity contribution in [1.29, 1.82) is 0 Å². The highest BCUT2D eigenvalue weighted by Crippen LogP contribution is 2.20. The fourth-order valence-corrected chi connectivity index (χ4v) is 1.80. The van der Waals surface area contributed by atoms with E-state index in [0.717, 1.165) is 5.69 Å². The lowest BCUT2D eigenvalue weighted by Crippen LogP contribution is -2.23. The van der Waals surface area contributed by atoms with Crippen molar-refractivity contribution in [1.82, 2.24) is 19.6 Å². The highest BCUT2D eigenvalue weighted by atomic mass is 79.9. The summed E-state index contributed by atoms with van der Waals surface area (Å²) in [5.74, 6) is 2.37. The minimum absolute atomic E-state index is 0.143. The number of hydrogen-bond acceptors (Lipinski definition) is 4. The molecule has 0 fully saturated rings. The van der Waals surface area contributed by atoms with Crippen LogP contribution in [0.25, 0.3) is 0 Å². The van der Waals surface area contributed by atoms with Crippen LogP contribution in [0.4, 0.5) is 11.4 Å². The molecule has 0 aromatic carbocycles.